The number of fused-ring (bicyclic) bond motifs is 5. The second-order valence-corrected chi connectivity index (χ2v) is 9.09. The molecule has 1 aliphatic heterocycles. The van der Waals surface area contributed by atoms with Gasteiger partial charge in [-0.25, -0.2) is 9.97 Å². The van der Waals surface area contributed by atoms with E-state index in [0.717, 1.165) is 45.0 Å². The van der Waals surface area contributed by atoms with Gasteiger partial charge in [0.2, 0.25) is 5.95 Å². The molecule has 0 saturated carbocycles. The lowest BCUT2D eigenvalue weighted by molar-refractivity contribution is 1.09. The number of para-hydroxylation sites is 2. The number of hydrogen-bond donors (Lipinski definition) is 0. The number of aromatic nitrogens is 2. The fourth-order valence-electron chi connectivity index (χ4n) is 5.14. The van der Waals surface area contributed by atoms with Crippen molar-refractivity contribution in [2.45, 2.75) is 0 Å². The Hall–Kier alpha value is -5.02. The van der Waals surface area contributed by atoms with Crippen LogP contribution in [0.15, 0.2) is 140 Å². The molecule has 0 saturated heterocycles. The molecule has 0 atom stereocenters. The smallest absolute Gasteiger partial charge is 0.235 e. The van der Waals surface area contributed by atoms with Crippen LogP contribution in [-0.2, 0) is 0 Å². The van der Waals surface area contributed by atoms with Crippen LogP contribution < -0.4 is 4.90 Å². The molecule has 174 valence electrons. The lowest BCUT2D eigenvalue weighted by atomic mass is 9.95. The third kappa shape index (κ3) is 3.69. The topological polar surface area (TPSA) is 29.0 Å². The van der Waals surface area contributed by atoms with Gasteiger partial charge in [-0.15, -0.1) is 0 Å². The van der Waals surface area contributed by atoms with Crippen LogP contribution in [0.5, 0.6) is 0 Å². The molecule has 1 aliphatic rings. The molecule has 0 fully saturated rings. The Morgan fingerprint density at radius 3 is 1.22 bits per heavy atom. The maximum absolute atomic E-state index is 5.17. The molecule has 2 heterocycles. The summed E-state index contributed by atoms with van der Waals surface area (Å²) in [6, 6.07) is 48.4. The third-order valence-electron chi connectivity index (χ3n) is 6.85. The first-order valence-electron chi connectivity index (χ1n) is 12.4. The van der Waals surface area contributed by atoms with Gasteiger partial charge < -0.3 is 0 Å². The second kappa shape index (κ2) is 8.89. The highest BCUT2D eigenvalue weighted by molar-refractivity contribution is 6.01. The first-order chi connectivity index (χ1) is 18.4. The number of anilines is 3. The zero-order chi connectivity index (χ0) is 24.6. The van der Waals surface area contributed by atoms with E-state index in [9.17, 15) is 0 Å². The minimum atomic E-state index is 0.646. The zero-order valence-corrected chi connectivity index (χ0v) is 20.1. The molecular formula is C34H23N3. The summed E-state index contributed by atoms with van der Waals surface area (Å²) in [4.78, 5) is 12.6. The van der Waals surface area contributed by atoms with Gasteiger partial charge in [0.15, 0.2) is 0 Å². The van der Waals surface area contributed by atoms with Crippen molar-refractivity contribution in [1.29, 1.82) is 0 Å². The second-order valence-electron chi connectivity index (χ2n) is 9.09. The van der Waals surface area contributed by atoms with E-state index in [-0.39, 0.29) is 0 Å². The van der Waals surface area contributed by atoms with Crippen molar-refractivity contribution in [2.75, 3.05) is 4.90 Å². The van der Waals surface area contributed by atoms with E-state index in [0.29, 0.717) is 5.95 Å². The first-order valence-corrected chi connectivity index (χ1v) is 12.4. The van der Waals surface area contributed by atoms with E-state index in [1.54, 1.807) is 0 Å². The molecule has 3 nitrogen and oxygen atoms in total. The lowest BCUT2D eigenvalue weighted by Gasteiger charge is -2.26. The van der Waals surface area contributed by atoms with Gasteiger partial charge >= 0.3 is 0 Å². The molecule has 0 bridgehead atoms. The summed E-state index contributed by atoms with van der Waals surface area (Å²) < 4.78 is 0. The van der Waals surface area contributed by atoms with Crippen molar-refractivity contribution in [2.24, 2.45) is 0 Å². The van der Waals surface area contributed by atoms with Crippen LogP contribution in [0.1, 0.15) is 0 Å². The maximum Gasteiger partial charge on any atom is 0.235 e. The normalized spacial score (nSPS) is 11.7. The average Bonchev–Trinajstić information content (AvgIpc) is 3.11. The molecule has 0 unspecified atom stereocenters. The molecule has 0 N–H and O–H groups in total. The third-order valence-corrected chi connectivity index (χ3v) is 6.85. The molecule has 7 rings (SSSR count). The molecule has 0 radical (unpaired) electrons. The van der Waals surface area contributed by atoms with Gasteiger partial charge in [-0.3, -0.25) is 4.90 Å². The van der Waals surface area contributed by atoms with Crippen molar-refractivity contribution in [1.82, 2.24) is 9.97 Å². The van der Waals surface area contributed by atoms with Crippen molar-refractivity contribution in [3.63, 3.8) is 0 Å². The van der Waals surface area contributed by atoms with Gasteiger partial charge in [-0.2, -0.15) is 0 Å². The SMILES string of the molecule is c1ccc(-c2cc(-c3ccccc3)nc(N3c4ccccc4-c4ccccc4-c4ccccc43)n2)cc1. The largest absolute Gasteiger partial charge is 0.278 e. The Morgan fingerprint density at radius 2 is 0.757 bits per heavy atom. The average molecular weight is 474 g/mol. The monoisotopic (exact) mass is 473 g/mol. The van der Waals surface area contributed by atoms with E-state index >= 15 is 0 Å². The minimum absolute atomic E-state index is 0.646. The lowest BCUT2D eigenvalue weighted by Crippen LogP contribution is -2.15. The predicted molar refractivity (Wildman–Crippen MR) is 152 cm³/mol. The first kappa shape index (κ1) is 21.3. The van der Waals surface area contributed by atoms with Crippen LogP contribution in [-0.4, -0.2) is 9.97 Å². The summed E-state index contributed by atoms with van der Waals surface area (Å²) in [6.07, 6.45) is 0. The summed E-state index contributed by atoms with van der Waals surface area (Å²) in [5, 5.41) is 0. The molecule has 6 aromatic rings. The van der Waals surface area contributed by atoms with Crippen LogP contribution >= 0.6 is 0 Å². The van der Waals surface area contributed by atoms with Crippen molar-refractivity contribution in [3.8, 4) is 44.8 Å². The molecule has 3 heteroatoms. The van der Waals surface area contributed by atoms with Gasteiger partial charge in [0, 0.05) is 22.3 Å². The fraction of sp³-hybridized carbons (Fsp3) is 0. The Bertz CT molecular complexity index is 1600. The van der Waals surface area contributed by atoms with Gasteiger partial charge in [0.05, 0.1) is 22.8 Å². The van der Waals surface area contributed by atoms with E-state index < -0.39 is 0 Å². The highest BCUT2D eigenvalue weighted by Crippen LogP contribution is 2.50. The number of benzene rings is 5. The number of nitrogens with zero attached hydrogens (tertiary/aromatic N) is 3. The van der Waals surface area contributed by atoms with E-state index in [2.05, 4.69) is 108 Å². The minimum Gasteiger partial charge on any atom is -0.278 e. The molecule has 37 heavy (non-hydrogen) atoms. The van der Waals surface area contributed by atoms with Crippen LogP contribution in [0, 0.1) is 0 Å². The molecule has 0 spiro atoms. The highest BCUT2D eigenvalue weighted by atomic mass is 15.3. The molecule has 1 aromatic heterocycles. The van der Waals surface area contributed by atoms with Gasteiger partial charge in [-0.1, -0.05) is 121 Å². The maximum atomic E-state index is 5.17. The Kier molecular flexibility index (Phi) is 5.11. The summed E-state index contributed by atoms with van der Waals surface area (Å²) in [6.45, 7) is 0. The van der Waals surface area contributed by atoms with Crippen LogP contribution in [0.4, 0.5) is 17.3 Å². The summed E-state index contributed by atoms with van der Waals surface area (Å²) >= 11 is 0. The summed E-state index contributed by atoms with van der Waals surface area (Å²) in [5.41, 5.74) is 10.7. The molecule has 0 aliphatic carbocycles. The van der Waals surface area contributed by atoms with Crippen molar-refractivity contribution >= 4 is 17.3 Å². The Balaban J connectivity index is 1.55. The van der Waals surface area contributed by atoms with Crippen LogP contribution in [0.2, 0.25) is 0 Å². The summed E-state index contributed by atoms with van der Waals surface area (Å²) in [7, 11) is 0. The molecule has 5 aromatic carbocycles. The molecule has 0 amide bonds. The molecular weight excluding hydrogens is 450 g/mol. The van der Waals surface area contributed by atoms with Gasteiger partial charge in [-0.05, 0) is 29.3 Å². The van der Waals surface area contributed by atoms with Crippen molar-refractivity contribution < 1.29 is 0 Å². The Labute approximate surface area is 216 Å². The highest BCUT2D eigenvalue weighted by Gasteiger charge is 2.27. The van der Waals surface area contributed by atoms with Gasteiger partial charge in [0.25, 0.3) is 0 Å². The van der Waals surface area contributed by atoms with Crippen LogP contribution in [0.3, 0.4) is 0 Å². The quantitative estimate of drug-likeness (QED) is 0.256. The zero-order valence-electron chi connectivity index (χ0n) is 20.1. The van der Waals surface area contributed by atoms with Gasteiger partial charge in [0.1, 0.15) is 0 Å². The summed E-state index contributed by atoms with van der Waals surface area (Å²) in [5.74, 6) is 0.646. The van der Waals surface area contributed by atoms with E-state index in [1.807, 2.05) is 36.4 Å². The standard InChI is InChI=1S/C34H23N3/c1-3-13-24(14-4-1)30-23-31(25-15-5-2-6-16-25)36-34(35-30)37-32-21-11-9-19-28(32)26-17-7-8-18-27(26)29-20-10-12-22-33(29)37/h1-23H. The van der Waals surface area contributed by atoms with Crippen molar-refractivity contribution in [3.05, 3.63) is 140 Å². The van der Waals surface area contributed by atoms with E-state index in [4.69, 9.17) is 9.97 Å². The fourth-order valence-corrected chi connectivity index (χ4v) is 5.14. The van der Waals surface area contributed by atoms with E-state index in [1.165, 1.54) is 11.1 Å². The Morgan fingerprint density at radius 1 is 0.378 bits per heavy atom. The van der Waals surface area contributed by atoms with Crippen LogP contribution in [0.25, 0.3) is 44.8 Å². The number of rotatable bonds is 3. The number of hydrogen-bond acceptors (Lipinski definition) is 3. The predicted octanol–water partition coefficient (Wildman–Crippen LogP) is 8.93.